The van der Waals surface area contributed by atoms with E-state index < -0.39 is 41.1 Å². The van der Waals surface area contributed by atoms with Gasteiger partial charge in [-0.15, -0.1) is 0 Å². The molecule has 0 aromatic rings. The summed E-state index contributed by atoms with van der Waals surface area (Å²) in [5, 5.41) is 9.12. The molecule has 0 aromatic carbocycles. The fourth-order valence-electron chi connectivity index (χ4n) is 7.27. The first-order valence-electron chi connectivity index (χ1n) is 16.4. The van der Waals surface area contributed by atoms with Crippen LogP contribution in [-0.2, 0) is 19.2 Å². The number of likely N-dealkylation sites (tertiary alicyclic amines) is 1. The summed E-state index contributed by atoms with van der Waals surface area (Å²) in [6.07, 6.45) is 7.31. The maximum atomic E-state index is 14.3. The van der Waals surface area contributed by atoms with Crippen LogP contribution in [0.3, 0.4) is 0 Å². The molecule has 4 aliphatic rings. The minimum absolute atomic E-state index is 0.0617. The van der Waals surface area contributed by atoms with E-state index in [0.717, 1.165) is 50.7 Å². The number of ketones is 1. The van der Waals surface area contributed by atoms with Crippen LogP contribution in [0.1, 0.15) is 107 Å². The molecule has 0 radical (unpaired) electrons. The normalized spacial score (nSPS) is 27.0. The summed E-state index contributed by atoms with van der Waals surface area (Å²) in [6.45, 7) is 16.8. The van der Waals surface area contributed by atoms with Gasteiger partial charge in [0.25, 0.3) is 5.91 Å². The van der Waals surface area contributed by atoms with E-state index in [4.69, 9.17) is 5.73 Å². The Morgan fingerprint density at radius 3 is 2.09 bits per heavy atom. The monoisotopic (exact) mass is 633 g/mol. The Hall–Kier alpha value is -2.30. The number of nitrogens with zero attached hydrogens (tertiary/aromatic N) is 1. The van der Waals surface area contributed by atoms with Crippen LogP contribution >= 0.6 is 11.8 Å². The van der Waals surface area contributed by atoms with Crippen molar-refractivity contribution in [2.24, 2.45) is 34.3 Å². The zero-order valence-corrected chi connectivity index (χ0v) is 28.8. The number of piperidine rings is 1. The van der Waals surface area contributed by atoms with Crippen LogP contribution in [0, 0.1) is 28.6 Å². The van der Waals surface area contributed by atoms with Crippen LogP contribution in [0.15, 0.2) is 0 Å². The molecule has 2 unspecified atom stereocenters. The maximum absolute atomic E-state index is 14.3. The van der Waals surface area contributed by atoms with Gasteiger partial charge in [-0.05, 0) is 47.8 Å². The van der Waals surface area contributed by atoms with E-state index in [1.54, 1.807) is 4.90 Å². The lowest BCUT2D eigenvalue weighted by Crippen LogP contribution is -2.63. The first kappa shape index (κ1) is 34.6. The molecule has 5 amide bonds. The molecule has 1 heterocycles. The third-order valence-electron chi connectivity index (χ3n) is 10.3. The van der Waals surface area contributed by atoms with E-state index in [1.807, 2.05) is 32.5 Å². The molecule has 44 heavy (non-hydrogen) atoms. The summed E-state index contributed by atoms with van der Waals surface area (Å²) in [5.74, 6) is -1.49. The Labute approximate surface area is 267 Å². The number of rotatable bonds is 11. The molecular formula is C33H55N5O5S. The van der Waals surface area contributed by atoms with E-state index in [9.17, 15) is 24.0 Å². The highest BCUT2D eigenvalue weighted by atomic mass is 32.2. The second kappa shape index (κ2) is 12.5. The fraction of sp³-hybridized carbons (Fsp3) is 0.848. The molecule has 0 spiro atoms. The molecule has 248 valence electrons. The largest absolute Gasteiger partial charge is 0.363 e. The average Bonchev–Trinajstić information content (AvgIpc) is 3.76. The summed E-state index contributed by atoms with van der Waals surface area (Å²) in [5.41, 5.74) is 4.21. The van der Waals surface area contributed by atoms with Crippen molar-refractivity contribution in [2.45, 2.75) is 135 Å². The van der Waals surface area contributed by atoms with Gasteiger partial charge in [0.2, 0.25) is 17.6 Å². The van der Waals surface area contributed by atoms with Crippen LogP contribution in [0.4, 0.5) is 4.79 Å². The molecule has 1 aliphatic heterocycles. The standard InChI is InChI=1S/C33H55N5O5S/c1-30(2,3)25(36-29(43)37-33(14-10-9-11-15-33)18-44-31(4,5)6)28(42)38-17-20-22(32(20,7)8)23(38)27(41)35-21(16-19-12-13-19)24(39)26(34)40/h19-23,25H,9-18H2,1-8H3,(H2,34,40)(H,35,41)(H2,36,37,43)/t20?,21?,22-,23-,25+/m0/s1. The Balaban J connectivity index is 1.52. The number of fused-ring (bicyclic) bond motifs is 1. The van der Waals surface area contributed by atoms with Crippen molar-refractivity contribution in [3.05, 3.63) is 0 Å². The van der Waals surface area contributed by atoms with E-state index in [0.29, 0.717) is 13.0 Å². The fourth-order valence-corrected chi connectivity index (χ4v) is 8.34. The summed E-state index contributed by atoms with van der Waals surface area (Å²) >= 11 is 1.84. The third kappa shape index (κ3) is 7.91. The number of carbonyl (C=O) groups excluding carboxylic acids is 5. The van der Waals surface area contributed by atoms with Crippen molar-refractivity contribution in [3.8, 4) is 0 Å². The molecule has 10 nitrogen and oxygen atoms in total. The third-order valence-corrected chi connectivity index (χ3v) is 11.8. The van der Waals surface area contributed by atoms with Gasteiger partial charge in [-0.3, -0.25) is 19.2 Å². The van der Waals surface area contributed by atoms with Gasteiger partial charge in [-0.25, -0.2) is 4.79 Å². The van der Waals surface area contributed by atoms with Gasteiger partial charge in [0.15, 0.2) is 0 Å². The molecule has 4 fully saturated rings. The number of urea groups is 1. The molecule has 0 aromatic heterocycles. The number of thioether (sulfide) groups is 1. The summed E-state index contributed by atoms with van der Waals surface area (Å²) in [6, 6.07) is -3.03. The topological polar surface area (TPSA) is 151 Å². The van der Waals surface area contributed by atoms with Gasteiger partial charge >= 0.3 is 6.03 Å². The van der Waals surface area contributed by atoms with Crippen molar-refractivity contribution in [2.75, 3.05) is 12.3 Å². The van der Waals surface area contributed by atoms with Crippen LogP contribution < -0.4 is 21.7 Å². The molecule has 0 bridgehead atoms. The molecule has 5 atom stereocenters. The summed E-state index contributed by atoms with van der Waals surface area (Å²) in [4.78, 5) is 67.8. The highest BCUT2D eigenvalue weighted by Crippen LogP contribution is 2.65. The summed E-state index contributed by atoms with van der Waals surface area (Å²) < 4.78 is 0.0617. The minimum Gasteiger partial charge on any atom is -0.363 e. The van der Waals surface area contributed by atoms with E-state index in [1.165, 1.54) is 0 Å². The van der Waals surface area contributed by atoms with Crippen molar-refractivity contribution >= 4 is 41.3 Å². The highest BCUT2D eigenvalue weighted by Gasteiger charge is 2.70. The van der Waals surface area contributed by atoms with Gasteiger partial charge < -0.3 is 26.6 Å². The number of hydrogen-bond acceptors (Lipinski definition) is 6. The second-order valence-corrected chi connectivity index (χ2v) is 18.3. The number of primary amides is 1. The molecule has 3 saturated carbocycles. The number of amides is 5. The lowest BCUT2D eigenvalue weighted by molar-refractivity contribution is -0.145. The SMILES string of the molecule is CC(C)(C)SCC1(NC(=O)N[C@H](C(=O)N2CC3[C@@H]([C@H]2C(=O)NC(CC2CC2)C(=O)C(N)=O)C3(C)C)C(C)(C)C)CCCCC1. The summed E-state index contributed by atoms with van der Waals surface area (Å²) in [7, 11) is 0. The molecule has 4 rings (SSSR count). The van der Waals surface area contributed by atoms with Crippen molar-refractivity contribution in [1.29, 1.82) is 0 Å². The maximum Gasteiger partial charge on any atom is 0.315 e. The molecule has 11 heteroatoms. The Bertz CT molecular complexity index is 1150. The number of nitrogens with two attached hydrogens (primary N) is 1. The number of carbonyl (C=O) groups is 5. The van der Waals surface area contributed by atoms with E-state index in [2.05, 4.69) is 50.6 Å². The van der Waals surface area contributed by atoms with Crippen molar-refractivity contribution < 1.29 is 24.0 Å². The lowest BCUT2D eigenvalue weighted by atomic mass is 9.83. The molecule has 1 saturated heterocycles. The molecular weight excluding hydrogens is 578 g/mol. The minimum atomic E-state index is -1.07. The first-order valence-corrected chi connectivity index (χ1v) is 17.4. The van der Waals surface area contributed by atoms with Gasteiger partial charge in [0.1, 0.15) is 12.1 Å². The van der Waals surface area contributed by atoms with Gasteiger partial charge in [-0.2, -0.15) is 11.8 Å². The first-order chi connectivity index (χ1) is 20.3. The quantitative estimate of drug-likeness (QED) is 0.255. The Morgan fingerprint density at radius 1 is 0.955 bits per heavy atom. The number of nitrogens with one attached hydrogen (secondary N) is 3. The van der Waals surface area contributed by atoms with Crippen LogP contribution in [-0.4, -0.2) is 75.1 Å². The predicted octanol–water partition coefficient (Wildman–Crippen LogP) is 3.76. The number of Topliss-reactive ketones (excluding diaryl/α,β-unsaturated/α-hetero) is 1. The van der Waals surface area contributed by atoms with Crippen LogP contribution in [0.5, 0.6) is 0 Å². The van der Waals surface area contributed by atoms with Crippen LogP contribution in [0.25, 0.3) is 0 Å². The van der Waals surface area contributed by atoms with Crippen LogP contribution in [0.2, 0.25) is 0 Å². The molecule has 3 aliphatic carbocycles. The van der Waals surface area contributed by atoms with Gasteiger partial charge in [0.05, 0.1) is 11.6 Å². The van der Waals surface area contributed by atoms with E-state index in [-0.39, 0.29) is 45.4 Å². The lowest BCUT2D eigenvalue weighted by Gasteiger charge is -2.41. The highest BCUT2D eigenvalue weighted by molar-refractivity contribution is 8.00. The average molecular weight is 634 g/mol. The Kier molecular flexibility index (Phi) is 9.80. The van der Waals surface area contributed by atoms with Gasteiger partial charge in [-0.1, -0.05) is 87.5 Å². The number of hydrogen-bond donors (Lipinski definition) is 4. The smallest absolute Gasteiger partial charge is 0.315 e. The molecule has 5 N–H and O–H groups in total. The predicted molar refractivity (Wildman–Crippen MR) is 173 cm³/mol. The van der Waals surface area contributed by atoms with Crippen molar-refractivity contribution in [3.63, 3.8) is 0 Å². The second-order valence-electron chi connectivity index (χ2n) is 16.5. The van der Waals surface area contributed by atoms with Crippen molar-refractivity contribution in [1.82, 2.24) is 20.9 Å². The zero-order valence-electron chi connectivity index (χ0n) is 28.0. The van der Waals surface area contributed by atoms with Gasteiger partial charge in [0, 0.05) is 17.0 Å². The van der Waals surface area contributed by atoms with E-state index >= 15 is 0 Å². The Morgan fingerprint density at radius 2 is 1.57 bits per heavy atom. The zero-order chi connectivity index (χ0) is 32.8.